The van der Waals surface area contributed by atoms with Gasteiger partial charge in [0.05, 0.1) is 29.5 Å². The van der Waals surface area contributed by atoms with Gasteiger partial charge in [-0.2, -0.15) is 13.2 Å². The number of rotatable bonds is 4. The Morgan fingerprint density at radius 3 is 2.37 bits per heavy atom. The summed E-state index contributed by atoms with van der Waals surface area (Å²) >= 11 is 0. The molecule has 8 heteroatoms. The van der Waals surface area contributed by atoms with Crippen LogP contribution in [-0.2, 0) is 20.5 Å². The van der Waals surface area contributed by atoms with Gasteiger partial charge in [0, 0.05) is 23.1 Å². The molecule has 2 heterocycles. The smallest absolute Gasteiger partial charge is 0.418 e. The zero-order valence-corrected chi connectivity index (χ0v) is 20.3. The second-order valence-electron chi connectivity index (χ2n) is 9.15. The molecule has 0 atom stereocenters. The summed E-state index contributed by atoms with van der Waals surface area (Å²) in [5.41, 5.74) is 1.96. The van der Waals surface area contributed by atoms with E-state index < -0.39 is 17.7 Å². The lowest BCUT2D eigenvalue weighted by atomic mass is 9.94. The fourth-order valence-corrected chi connectivity index (χ4v) is 5.35. The number of allylic oxidation sites excluding steroid dienone is 1. The summed E-state index contributed by atoms with van der Waals surface area (Å²) in [6.07, 6.45) is 2.00. The van der Waals surface area contributed by atoms with Gasteiger partial charge < -0.3 is 14.2 Å². The monoisotopic (exact) mass is 486 g/mol. The van der Waals surface area contributed by atoms with Crippen molar-refractivity contribution in [2.24, 2.45) is 0 Å². The van der Waals surface area contributed by atoms with E-state index in [0.717, 1.165) is 38.2 Å². The summed E-state index contributed by atoms with van der Waals surface area (Å²) in [6, 6.07) is 7.15. The quantitative estimate of drug-likeness (QED) is 0.387. The van der Waals surface area contributed by atoms with Crippen molar-refractivity contribution in [1.29, 1.82) is 0 Å². The van der Waals surface area contributed by atoms with Gasteiger partial charge >= 0.3 is 12.1 Å². The molecule has 1 aromatic carbocycles. The second-order valence-corrected chi connectivity index (χ2v) is 9.15. The maximum Gasteiger partial charge on any atom is 0.418 e. The molecule has 0 bridgehead atoms. The number of esters is 1. The molecule has 4 rings (SSSR count). The highest BCUT2D eigenvalue weighted by atomic mass is 19.4. The second kappa shape index (κ2) is 9.40. The Morgan fingerprint density at radius 1 is 1.09 bits per heavy atom. The van der Waals surface area contributed by atoms with E-state index in [1.165, 1.54) is 23.8 Å². The van der Waals surface area contributed by atoms with E-state index in [-0.39, 0.29) is 28.8 Å². The Morgan fingerprint density at radius 2 is 1.74 bits per heavy atom. The van der Waals surface area contributed by atoms with E-state index in [2.05, 4.69) is 0 Å². The zero-order chi connectivity index (χ0) is 25.5. The third-order valence-corrected chi connectivity index (χ3v) is 6.99. The van der Waals surface area contributed by atoms with E-state index in [4.69, 9.17) is 4.74 Å². The molecule has 0 radical (unpaired) electrons. The molecule has 0 spiro atoms. The van der Waals surface area contributed by atoms with Gasteiger partial charge in [-0.15, -0.1) is 0 Å². The van der Waals surface area contributed by atoms with Crippen molar-refractivity contribution in [1.82, 2.24) is 9.47 Å². The third kappa shape index (κ3) is 4.42. The fraction of sp³-hybridized carbons (Fsp3) is 0.407. The lowest BCUT2D eigenvalue weighted by Crippen LogP contribution is -2.37. The van der Waals surface area contributed by atoms with Gasteiger partial charge in [-0.25, -0.2) is 4.79 Å². The Kier molecular flexibility index (Phi) is 6.66. The summed E-state index contributed by atoms with van der Waals surface area (Å²) < 4.78 is 47.6. The number of methoxy groups -OCH3 is 1. The van der Waals surface area contributed by atoms with Crippen molar-refractivity contribution >= 4 is 18.0 Å². The van der Waals surface area contributed by atoms with Crippen LogP contribution in [0.15, 0.2) is 47.2 Å². The van der Waals surface area contributed by atoms with Crippen molar-refractivity contribution in [3.63, 3.8) is 0 Å². The Hall–Kier alpha value is -3.29. The van der Waals surface area contributed by atoms with Crippen LogP contribution in [0.4, 0.5) is 13.2 Å². The largest absolute Gasteiger partial charge is 0.465 e. The summed E-state index contributed by atoms with van der Waals surface area (Å²) in [7, 11) is 1.27. The average Bonchev–Trinajstić information content (AvgIpc) is 3.24. The van der Waals surface area contributed by atoms with Crippen molar-refractivity contribution in [3.05, 3.63) is 69.7 Å². The van der Waals surface area contributed by atoms with Crippen molar-refractivity contribution < 1.29 is 27.5 Å². The Bertz CT molecular complexity index is 1230. The fourth-order valence-electron chi connectivity index (χ4n) is 5.35. The molecule has 1 amide bonds. The number of hydrogen-bond acceptors (Lipinski definition) is 3. The van der Waals surface area contributed by atoms with E-state index in [1.807, 2.05) is 0 Å². The number of carbonyl (C=O) groups is 2. The first kappa shape index (κ1) is 24.8. The zero-order valence-electron chi connectivity index (χ0n) is 20.3. The number of halogens is 3. The summed E-state index contributed by atoms with van der Waals surface area (Å²) in [4.78, 5) is 28.0. The lowest BCUT2D eigenvalue weighted by Gasteiger charge is -2.32. The normalized spacial score (nSPS) is 18.7. The standard InChI is InChI=1S/C27H29F3N2O3/c1-16-14-19(17(2)31(16)23-13-9-8-12-22(23)27(28,29)30)15-21-24(26(34)35-4)18(3)32(25(21)33)20-10-6-5-7-11-20/h8-9,12-15,20H,5-7,10-11H2,1-4H3/b21-15-. The van der Waals surface area contributed by atoms with E-state index in [9.17, 15) is 22.8 Å². The van der Waals surface area contributed by atoms with Gasteiger partial charge in [0.25, 0.3) is 5.91 Å². The number of aryl methyl sites for hydroxylation is 1. The molecule has 1 aliphatic carbocycles. The van der Waals surface area contributed by atoms with Crippen LogP contribution in [0.5, 0.6) is 0 Å². The third-order valence-electron chi connectivity index (χ3n) is 6.99. The van der Waals surface area contributed by atoms with Crippen LogP contribution in [0.1, 0.15) is 61.5 Å². The van der Waals surface area contributed by atoms with Gasteiger partial charge in [-0.3, -0.25) is 4.79 Å². The molecule has 0 saturated heterocycles. The molecule has 1 aliphatic heterocycles. The van der Waals surface area contributed by atoms with Gasteiger partial charge in [-0.1, -0.05) is 31.4 Å². The number of alkyl halides is 3. The molecule has 5 nitrogen and oxygen atoms in total. The number of carbonyl (C=O) groups excluding carboxylic acids is 2. The molecule has 35 heavy (non-hydrogen) atoms. The van der Waals surface area contributed by atoms with Gasteiger partial charge in [0.2, 0.25) is 0 Å². The first-order valence-electron chi connectivity index (χ1n) is 11.8. The molecule has 1 saturated carbocycles. The number of nitrogens with zero attached hydrogens (tertiary/aromatic N) is 2. The summed E-state index contributed by atoms with van der Waals surface area (Å²) in [6.45, 7) is 5.18. The van der Waals surface area contributed by atoms with Crippen molar-refractivity contribution in [3.8, 4) is 5.69 Å². The van der Waals surface area contributed by atoms with Gasteiger partial charge in [0.15, 0.2) is 0 Å². The minimum atomic E-state index is -4.52. The molecular formula is C27H29F3N2O3. The molecule has 2 aliphatic rings. The molecule has 1 fully saturated rings. The van der Waals surface area contributed by atoms with Crippen LogP contribution < -0.4 is 0 Å². The Balaban J connectivity index is 1.83. The summed E-state index contributed by atoms with van der Waals surface area (Å²) in [5.74, 6) is -0.869. The van der Waals surface area contributed by atoms with Gasteiger partial charge in [0.1, 0.15) is 0 Å². The Labute approximate surface area is 202 Å². The van der Waals surface area contributed by atoms with Gasteiger partial charge in [-0.05, 0) is 63.5 Å². The highest BCUT2D eigenvalue weighted by molar-refractivity contribution is 6.16. The first-order valence-corrected chi connectivity index (χ1v) is 11.8. The molecule has 0 unspecified atom stereocenters. The van der Waals surface area contributed by atoms with E-state index in [0.29, 0.717) is 22.6 Å². The summed E-state index contributed by atoms with van der Waals surface area (Å²) in [5, 5.41) is 0. The average molecular weight is 487 g/mol. The number of ether oxygens (including phenoxy) is 1. The lowest BCUT2D eigenvalue weighted by molar-refractivity contribution is -0.137. The minimum absolute atomic E-state index is 0.0149. The van der Waals surface area contributed by atoms with Crippen molar-refractivity contribution in [2.75, 3.05) is 7.11 Å². The highest BCUT2D eigenvalue weighted by Gasteiger charge is 2.41. The number of benzene rings is 1. The highest BCUT2D eigenvalue weighted by Crippen LogP contribution is 2.39. The predicted octanol–water partition coefficient (Wildman–Crippen LogP) is 6.12. The molecule has 186 valence electrons. The number of amides is 1. The molecule has 1 aromatic heterocycles. The maximum absolute atomic E-state index is 13.7. The minimum Gasteiger partial charge on any atom is -0.465 e. The topological polar surface area (TPSA) is 51.5 Å². The van der Waals surface area contributed by atoms with Crippen LogP contribution in [-0.4, -0.2) is 34.5 Å². The van der Waals surface area contributed by atoms with E-state index >= 15 is 0 Å². The number of aromatic nitrogens is 1. The molecule has 0 N–H and O–H groups in total. The van der Waals surface area contributed by atoms with Crippen molar-refractivity contribution in [2.45, 2.75) is 65.1 Å². The van der Waals surface area contributed by atoms with Crippen LogP contribution in [0.25, 0.3) is 11.8 Å². The van der Waals surface area contributed by atoms with Crippen LogP contribution in [0, 0.1) is 13.8 Å². The first-order chi connectivity index (χ1) is 16.6. The molecular weight excluding hydrogens is 457 g/mol. The maximum atomic E-state index is 13.7. The van der Waals surface area contributed by atoms with Crippen LogP contribution in [0.2, 0.25) is 0 Å². The molecule has 2 aromatic rings. The predicted molar refractivity (Wildman–Crippen MR) is 127 cm³/mol. The van der Waals surface area contributed by atoms with E-state index in [1.54, 1.807) is 43.9 Å². The number of para-hydroxylation sites is 1. The van der Waals surface area contributed by atoms with Crippen LogP contribution in [0.3, 0.4) is 0 Å². The van der Waals surface area contributed by atoms with Crippen LogP contribution >= 0.6 is 0 Å². The SMILES string of the molecule is COC(=O)C1=C(C)N(C2CCCCC2)C(=O)/C1=C\c1cc(C)n(-c2ccccc2C(F)(F)F)c1C. The number of hydrogen-bond donors (Lipinski definition) is 0.